The maximum absolute atomic E-state index is 12.9. The van der Waals surface area contributed by atoms with E-state index >= 15 is 0 Å². The molecule has 0 spiro atoms. The first-order valence-electron chi connectivity index (χ1n) is 8.75. The number of piperidine rings is 1. The van der Waals surface area contributed by atoms with Crippen molar-refractivity contribution in [2.24, 2.45) is 11.8 Å². The standard InChI is InChI=1S/C19H28N2O4/c1-13(2)18(22)20-11-14-7-6-10-21(12-14)19(23)15-8-5-9-16(24-3)17(15)25-4/h5,8-9,13-14H,6-7,10-12H2,1-4H3,(H,20,22). The van der Waals surface area contributed by atoms with Crippen LogP contribution in [-0.2, 0) is 4.79 Å². The molecule has 1 fully saturated rings. The van der Waals surface area contributed by atoms with Gasteiger partial charge in [-0.2, -0.15) is 0 Å². The minimum Gasteiger partial charge on any atom is -0.493 e. The smallest absolute Gasteiger partial charge is 0.257 e. The molecule has 6 nitrogen and oxygen atoms in total. The van der Waals surface area contributed by atoms with Gasteiger partial charge in [-0.25, -0.2) is 0 Å². The highest BCUT2D eigenvalue weighted by Crippen LogP contribution is 2.32. The van der Waals surface area contributed by atoms with Gasteiger partial charge in [0.1, 0.15) is 0 Å². The van der Waals surface area contributed by atoms with Crippen LogP contribution < -0.4 is 14.8 Å². The molecule has 0 bridgehead atoms. The zero-order chi connectivity index (χ0) is 18.4. The van der Waals surface area contributed by atoms with Crippen molar-refractivity contribution in [1.29, 1.82) is 0 Å². The number of hydrogen-bond acceptors (Lipinski definition) is 4. The van der Waals surface area contributed by atoms with E-state index in [-0.39, 0.29) is 23.7 Å². The number of nitrogens with one attached hydrogen (secondary N) is 1. The van der Waals surface area contributed by atoms with Gasteiger partial charge in [-0.05, 0) is 30.9 Å². The van der Waals surface area contributed by atoms with E-state index in [9.17, 15) is 9.59 Å². The lowest BCUT2D eigenvalue weighted by atomic mass is 9.97. The van der Waals surface area contributed by atoms with E-state index < -0.39 is 0 Å². The Labute approximate surface area is 149 Å². The number of hydrogen-bond donors (Lipinski definition) is 1. The van der Waals surface area contributed by atoms with Crippen molar-refractivity contribution in [3.8, 4) is 11.5 Å². The monoisotopic (exact) mass is 348 g/mol. The van der Waals surface area contributed by atoms with Crippen LogP contribution >= 0.6 is 0 Å². The lowest BCUT2D eigenvalue weighted by molar-refractivity contribution is -0.124. The molecule has 0 radical (unpaired) electrons. The van der Waals surface area contributed by atoms with E-state index in [1.165, 1.54) is 7.11 Å². The van der Waals surface area contributed by atoms with Gasteiger partial charge in [0.2, 0.25) is 5.91 Å². The van der Waals surface area contributed by atoms with Gasteiger partial charge >= 0.3 is 0 Å². The molecule has 0 saturated carbocycles. The minimum atomic E-state index is -0.0596. The fourth-order valence-electron chi connectivity index (χ4n) is 3.09. The lowest BCUT2D eigenvalue weighted by Crippen LogP contribution is -2.44. The summed E-state index contributed by atoms with van der Waals surface area (Å²) in [5, 5.41) is 2.97. The molecule has 2 amide bonds. The summed E-state index contributed by atoms with van der Waals surface area (Å²) in [4.78, 5) is 26.5. The number of likely N-dealkylation sites (tertiary alicyclic amines) is 1. The Hall–Kier alpha value is -2.24. The minimum absolute atomic E-state index is 0.0256. The Morgan fingerprint density at radius 1 is 1.28 bits per heavy atom. The SMILES string of the molecule is COc1cccc(C(=O)N2CCCC(CNC(=O)C(C)C)C2)c1OC. The van der Waals surface area contributed by atoms with Gasteiger partial charge < -0.3 is 19.7 Å². The second kappa shape index (κ2) is 8.74. The zero-order valence-electron chi connectivity index (χ0n) is 15.5. The summed E-state index contributed by atoms with van der Waals surface area (Å²) in [7, 11) is 3.09. The van der Waals surface area contributed by atoms with Crippen molar-refractivity contribution in [1.82, 2.24) is 10.2 Å². The molecule has 1 aliphatic heterocycles. The van der Waals surface area contributed by atoms with Crippen LogP contribution in [0.4, 0.5) is 0 Å². The zero-order valence-corrected chi connectivity index (χ0v) is 15.5. The van der Waals surface area contributed by atoms with E-state index in [1.807, 2.05) is 18.7 Å². The molecule has 1 heterocycles. The molecule has 1 atom stereocenters. The summed E-state index contributed by atoms with van der Waals surface area (Å²) >= 11 is 0. The third kappa shape index (κ3) is 4.65. The Balaban J connectivity index is 2.06. The summed E-state index contributed by atoms with van der Waals surface area (Å²) in [6.45, 7) is 5.71. The van der Waals surface area contributed by atoms with Crippen LogP contribution in [0.3, 0.4) is 0 Å². The summed E-state index contributed by atoms with van der Waals surface area (Å²) < 4.78 is 10.7. The van der Waals surface area contributed by atoms with Crippen molar-refractivity contribution in [2.45, 2.75) is 26.7 Å². The van der Waals surface area contributed by atoms with E-state index in [0.717, 1.165) is 12.8 Å². The van der Waals surface area contributed by atoms with Crippen LogP contribution in [0.5, 0.6) is 11.5 Å². The number of amides is 2. The lowest BCUT2D eigenvalue weighted by Gasteiger charge is -2.33. The molecule has 1 aromatic carbocycles. The molecule has 1 aliphatic rings. The Bertz CT molecular complexity index is 615. The highest BCUT2D eigenvalue weighted by Gasteiger charge is 2.27. The van der Waals surface area contributed by atoms with Gasteiger partial charge in [-0.3, -0.25) is 9.59 Å². The summed E-state index contributed by atoms with van der Waals surface area (Å²) in [5.41, 5.74) is 0.508. The number of para-hydroxylation sites is 1. The molecule has 1 saturated heterocycles. The molecular formula is C19H28N2O4. The number of carbonyl (C=O) groups is 2. The van der Waals surface area contributed by atoms with Gasteiger partial charge in [0, 0.05) is 25.6 Å². The average molecular weight is 348 g/mol. The van der Waals surface area contributed by atoms with Gasteiger partial charge in [-0.1, -0.05) is 19.9 Å². The Morgan fingerprint density at radius 2 is 2.04 bits per heavy atom. The maximum atomic E-state index is 12.9. The molecule has 1 N–H and O–H groups in total. The fraction of sp³-hybridized carbons (Fsp3) is 0.579. The topological polar surface area (TPSA) is 67.9 Å². The number of ether oxygens (including phenoxy) is 2. The van der Waals surface area contributed by atoms with Crippen molar-refractivity contribution in [3.63, 3.8) is 0 Å². The third-order valence-corrected chi connectivity index (χ3v) is 4.53. The Morgan fingerprint density at radius 3 is 2.68 bits per heavy atom. The van der Waals surface area contributed by atoms with E-state index in [4.69, 9.17) is 9.47 Å². The van der Waals surface area contributed by atoms with Crippen LogP contribution in [0.1, 0.15) is 37.0 Å². The number of methoxy groups -OCH3 is 2. The van der Waals surface area contributed by atoms with Crippen molar-refractivity contribution in [2.75, 3.05) is 33.9 Å². The average Bonchev–Trinajstić information content (AvgIpc) is 2.64. The first-order chi connectivity index (χ1) is 12.0. The quantitative estimate of drug-likeness (QED) is 0.857. The van der Waals surface area contributed by atoms with Crippen molar-refractivity contribution < 1.29 is 19.1 Å². The highest BCUT2D eigenvalue weighted by atomic mass is 16.5. The number of carbonyl (C=O) groups excluding carboxylic acids is 2. The maximum Gasteiger partial charge on any atom is 0.257 e. The molecule has 0 aliphatic carbocycles. The fourth-order valence-corrected chi connectivity index (χ4v) is 3.09. The van der Waals surface area contributed by atoms with Gasteiger partial charge in [-0.15, -0.1) is 0 Å². The predicted octanol–water partition coefficient (Wildman–Crippen LogP) is 2.33. The number of benzene rings is 1. The number of rotatable bonds is 6. The van der Waals surface area contributed by atoms with Crippen molar-refractivity contribution >= 4 is 11.8 Å². The second-order valence-corrected chi connectivity index (χ2v) is 6.70. The molecule has 0 aromatic heterocycles. The summed E-state index contributed by atoms with van der Waals surface area (Å²) in [6, 6.07) is 5.32. The van der Waals surface area contributed by atoms with Crippen LogP contribution in [0, 0.1) is 11.8 Å². The van der Waals surface area contributed by atoms with Gasteiger partial charge in [0.25, 0.3) is 5.91 Å². The first kappa shape index (κ1) is 19.1. The first-order valence-corrected chi connectivity index (χ1v) is 8.75. The van der Waals surface area contributed by atoms with E-state index in [0.29, 0.717) is 36.7 Å². The van der Waals surface area contributed by atoms with E-state index in [1.54, 1.807) is 25.3 Å². The molecule has 2 rings (SSSR count). The highest BCUT2D eigenvalue weighted by molar-refractivity contribution is 5.97. The Kier molecular flexibility index (Phi) is 6.67. The van der Waals surface area contributed by atoms with Crippen LogP contribution in [0.25, 0.3) is 0 Å². The third-order valence-electron chi connectivity index (χ3n) is 4.53. The van der Waals surface area contributed by atoms with Crippen molar-refractivity contribution in [3.05, 3.63) is 23.8 Å². The largest absolute Gasteiger partial charge is 0.493 e. The van der Waals surface area contributed by atoms with E-state index in [2.05, 4.69) is 5.32 Å². The summed E-state index contributed by atoms with van der Waals surface area (Å²) in [5.74, 6) is 1.25. The molecular weight excluding hydrogens is 320 g/mol. The molecule has 138 valence electrons. The normalized spacial score (nSPS) is 17.3. The molecule has 1 aromatic rings. The second-order valence-electron chi connectivity index (χ2n) is 6.70. The molecule has 1 unspecified atom stereocenters. The van der Waals surface area contributed by atoms with Gasteiger partial charge in [0.05, 0.1) is 19.8 Å². The molecule has 6 heteroatoms. The predicted molar refractivity (Wildman–Crippen MR) is 96.0 cm³/mol. The van der Waals surface area contributed by atoms with Crippen LogP contribution in [-0.4, -0.2) is 50.6 Å². The number of nitrogens with zero attached hydrogens (tertiary/aromatic N) is 1. The van der Waals surface area contributed by atoms with Crippen LogP contribution in [0.2, 0.25) is 0 Å². The summed E-state index contributed by atoms with van der Waals surface area (Å²) in [6.07, 6.45) is 1.94. The molecule has 25 heavy (non-hydrogen) atoms. The van der Waals surface area contributed by atoms with Crippen LogP contribution in [0.15, 0.2) is 18.2 Å². The van der Waals surface area contributed by atoms with Gasteiger partial charge in [0.15, 0.2) is 11.5 Å².